The molecular weight excluding hydrogens is 176 g/mol. The Balaban J connectivity index is 2.25. The topological polar surface area (TPSA) is 37.3 Å². The molecule has 76 valence electrons. The lowest BCUT2D eigenvalue weighted by Gasteiger charge is -2.00. The van der Waals surface area contributed by atoms with E-state index < -0.39 is 5.97 Å². The Morgan fingerprint density at radius 2 is 1.86 bits per heavy atom. The zero-order chi connectivity index (χ0) is 10.4. The van der Waals surface area contributed by atoms with E-state index >= 15 is 0 Å². The van der Waals surface area contributed by atoms with Crippen LogP contribution in [0.5, 0.6) is 0 Å². The molecule has 14 heavy (non-hydrogen) atoms. The first-order valence-electron chi connectivity index (χ1n) is 4.96. The highest BCUT2D eigenvalue weighted by atomic mass is 16.4. The van der Waals surface area contributed by atoms with Gasteiger partial charge in [-0.15, -0.1) is 0 Å². The van der Waals surface area contributed by atoms with Crippen molar-refractivity contribution in [3.8, 4) is 0 Å². The van der Waals surface area contributed by atoms with E-state index in [-0.39, 0.29) is 6.42 Å². The minimum atomic E-state index is -0.700. The van der Waals surface area contributed by atoms with Crippen molar-refractivity contribution in [2.45, 2.75) is 32.6 Å². The Morgan fingerprint density at radius 1 is 1.21 bits per heavy atom. The second-order valence-electron chi connectivity index (χ2n) is 3.59. The van der Waals surface area contributed by atoms with Crippen molar-refractivity contribution in [2.75, 3.05) is 0 Å². The number of carboxylic acids is 1. The van der Waals surface area contributed by atoms with E-state index in [0.29, 0.717) is 0 Å². The molecule has 2 nitrogen and oxygen atoms in total. The zero-order valence-corrected chi connectivity index (χ0v) is 8.49. The monoisotopic (exact) mass is 192 g/mol. The van der Waals surface area contributed by atoms with Gasteiger partial charge in [-0.3, -0.25) is 4.79 Å². The van der Waals surface area contributed by atoms with Crippen molar-refractivity contribution in [1.29, 1.82) is 0 Å². The number of rotatable bonds is 5. The van der Waals surface area contributed by atoms with Crippen LogP contribution in [0.1, 0.15) is 30.4 Å². The van der Waals surface area contributed by atoms with Gasteiger partial charge in [0.2, 0.25) is 0 Å². The molecular formula is C12H16O2. The lowest BCUT2D eigenvalue weighted by molar-refractivity contribution is -0.137. The molecule has 1 rings (SSSR count). The lowest BCUT2D eigenvalue weighted by atomic mass is 10.1. The number of aryl methyl sites for hydroxylation is 2. The molecule has 0 unspecified atom stereocenters. The van der Waals surface area contributed by atoms with E-state index in [1.54, 1.807) is 0 Å². The van der Waals surface area contributed by atoms with Crippen LogP contribution in [0.25, 0.3) is 0 Å². The molecule has 0 aliphatic carbocycles. The highest BCUT2D eigenvalue weighted by molar-refractivity contribution is 5.66. The van der Waals surface area contributed by atoms with E-state index in [9.17, 15) is 4.79 Å². The van der Waals surface area contributed by atoms with Gasteiger partial charge >= 0.3 is 5.97 Å². The minimum Gasteiger partial charge on any atom is -0.481 e. The number of benzene rings is 1. The van der Waals surface area contributed by atoms with Gasteiger partial charge in [0.05, 0.1) is 0 Å². The maximum atomic E-state index is 10.3. The number of unbranched alkanes of at least 4 members (excludes halogenated alkanes) is 1. The van der Waals surface area contributed by atoms with Crippen LogP contribution in [-0.4, -0.2) is 11.1 Å². The van der Waals surface area contributed by atoms with Gasteiger partial charge in [0, 0.05) is 6.42 Å². The molecule has 0 bridgehead atoms. The third-order valence-corrected chi connectivity index (χ3v) is 2.23. The summed E-state index contributed by atoms with van der Waals surface area (Å²) in [5.41, 5.74) is 2.56. The summed E-state index contributed by atoms with van der Waals surface area (Å²) < 4.78 is 0. The maximum Gasteiger partial charge on any atom is 0.303 e. The summed E-state index contributed by atoms with van der Waals surface area (Å²) in [5.74, 6) is -0.700. The molecule has 2 heteroatoms. The quantitative estimate of drug-likeness (QED) is 0.728. The summed E-state index contributed by atoms with van der Waals surface area (Å²) >= 11 is 0. The third kappa shape index (κ3) is 4.08. The SMILES string of the molecule is Cc1ccc(CCCCC(=O)O)cc1. The number of aliphatic carboxylic acids is 1. The summed E-state index contributed by atoms with van der Waals surface area (Å²) in [7, 11) is 0. The first kappa shape index (κ1) is 10.8. The van der Waals surface area contributed by atoms with Gasteiger partial charge < -0.3 is 5.11 Å². The van der Waals surface area contributed by atoms with Gasteiger partial charge in [0.25, 0.3) is 0 Å². The average molecular weight is 192 g/mol. The molecule has 0 amide bonds. The highest BCUT2D eigenvalue weighted by Gasteiger charge is 1.97. The van der Waals surface area contributed by atoms with Crippen molar-refractivity contribution in [2.24, 2.45) is 0 Å². The molecule has 0 heterocycles. The number of carbonyl (C=O) groups is 1. The van der Waals surface area contributed by atoms with E-state index in [2.05, 4.69) is 31.2 Å². The van der Waals surface area contributed by atoms with Gasteiger partial charge in [0.15, 0.2) is 0 Å². The standard InChI is InChI=1S/C12H16O2/c1-10-6-8-11(9-7-10)4-2-3-5-12(13)14/h6-9H,2-5H2,1H3,(H,13,14). The fraction of sp³-hybridized carbons (Fsp3) is 0.417. The molecule has 1 aromatic rings. The van der Waals surface area contributed by atoms with E-state index in [0.717, 1.165) is 19.3 Å². The van der Waals surface area contributed by atoms with E-state index in [4.69, 9.17) is 5.11 Å². The first-order valence-corrected chi connectivity index (χ1v) is 4.96. The average Bonchev–Trinajstić information content (AvgIpc) is 2.15. The minimum absolute atomic E-state index is 0.284. The second kappa shape index (κ2) is 5.43. The van der Waals surface area contributed by atoms with Crippen LogP contribution in [0, 0.1) is 6.92 Å². The predicted molar refractivity (Wildman–Crippen MR) is 56.4 cm³/mol. The van der Waals surface area contributed by atoms with Crippen LogP contribution in [0.15, 0.2) is 24.3 Å². The van der Waals surface area contributed by atoms with Crippen LogP contribution in [0.4, 0.5) is 0 Å². The molecule has 0 fully saturated rings. The Morgan fingerprint density at radius 3 is 2.43 bits per heavy atom. The fourth-order valence-corrected chi connectivity index (χ4v) is 1.36. The Hall–Kier alpha value is -1.31. The van der Waals surface area contributed by atoms with Crippen molar-refractivity contribution in [3.05, 3.63) is 35.4 Å². The van der Waals surface area contributed by atoms with Crippen molar-refractivity contribution >= 4 is 5.97 Å². The van der Waals surface area contributed by atoms with Crippen LogP contribution in [-0.2, 0) is 11.2 Å². The largest absolute Gasteiger partial charge is 0.481 e. The molecule has 0 aliphatic rings. The molecule has 0 radical (unpaired) electrons. The predicted octanol–water partition coefficient (Wildman–Crippen LogP) is 2.79. The summed E-state index contributed by atoms with van der Waals surface area (Å²) in [5, 5.41) is 8.45. The van der Waals surface area contributed by atoms with Gasteiger partial charge in [-0.2, -0.15) is 0 Å². The Kier molecular flexibility index (Phi) is 4.17. The van der Waals surface area contributed by atoms with Crippen LogP contribution >= 0.6 is 0 Å². The van der Waals surface area contributed by atoms with E-state index in [1.807, 2.05) is 0 Å². The Bertz CT molecular complexity index is 288. The molecule has 0 saturated heterocycles. The van der Waals surface area contributed by atoms with Crippen molar-refractivity contribution in [1.82, 2.24) is 0 Å². The molecule has 1 N–H and O–H groups in total. The van der Waals surface area contributed by atoms with Gasteiger partial charge in [-0.25, -0.2) is 0 Å². The molecule has 0 saturated carbocycles. The molecule has 1 aromatic carbocycles. The summed E-state index contributed by atoms with van der Waals surface area (Å²) in [6.45, 7) is 2.06. The summed E-state index contributed by atoms with van der Waals surface area (Å²) in [4.78, 5) is 10.3. The van der Waals surface area contributed by atoms with E-state index in [1.165, 1.54) is 11.1 Å². The number of carboxylic acid groups (broad SMARTS) is 1. The third-order valence-electron chi connectivity index (χ3n) is 2.23. The maximum absolute atomic E-state index is 10.3. The highest BCUT2D eigenvalue weighted by Crippen LogP contribution is 2.08. The number of hydrogen-bond donors (Lipinski definition) is 1. The summed E-state index contributed by atoms with van der Waals surface area (Å²) in [6.07, 6.45) is 2.98. The smallest absolute Gasteiger partial charge is 0.303 e. The molecule has 0 atom stereocenters. The normalized spacial score (nSPS) is 10.1. The summed E-state index contributed by atoms with van der Waals surface area (Å²) in [6, 6.07) is 8.39. The molecule has 0 spiro atoms. The van der Waals surface area contributed by atoms with Crippen LogP contribution in [0.3, 0.4) is 0 Å². The van der Waals surface area contributed by atoms with Gasteiger partial charge in [-0.1, -0.05) is 29.8 Å². The molecule has 0 aliphatic heterocycles. The number of hydrogen-bond acceptors (Lipinski definition) is 1. The van der Waals surface area contributed by atoms with Crippen LogP contribution in [0.2, 0.25) is 0 Å². The van der Waals surface area contributed by atoms with Gasteiger partial charge in [-0.05, 0) is 31.7 Å². The van der Waals surface area contributed by atoms with Crippen molar-refractivity contribution in [3.63, 3.8) is 0 Å². The second-order valence-corrected chi connectivity index (χ2v) is 3.59. The molecule has 0 aromatic heterocycles. The Labute approximate surface area is 84.6 Å². The lowest BCUT2D eigenvalue weighted by Crippen LogP contribution is -1.94. The zero-order valence-electron chi connectivity index (χ0n) is 8.49. The fourth-order valence-electron chi connectivity index (χ4n) is 1.36. The van der Waals surface area contributed by atoms with Gasteiger partial charge in [0.1, 0.15) is 0 Å². The van der Waals surface area contributed by atoms with Crippen LogP contribution < -0.4 is 0 Å². The van der Waals surface area contributed by atoms with Crippen molar-refractivity contribution < 1.29 is 9.90 Å². The first-order chi connectivity index (χ1) is 6.68.